The van der Waals surface area contributed by atoms with Gasteiger partial charge in [0.1, 0.15) is 5.75 Å². The molecule has 1 heterocycles. The summed E-state index contributed by atoms with van der Waals surface area (Å²) in [7, 11) is 0. The molecule has 5 nitrogen and oxygen atoms in total. The quantitative estimate of drug-likeness (QED) is 0.765. The van der Waals surface area contributed by atoms with E-state index in [2.05, 4.69) is 10.4 Å². The second-order valence-electron chi connectivity index (χ2n) is 4.59. The second kappa shape index (κ2) is 7.67. The van der Waals surface area contributed by atoms with E-state index in [4.69, 9.17) is 4.74 Å². The molecular weight excluding hydrogens is 254 g/mol. The Morgan fingerprint density at radius 2 is 2.30 bits per heavy atom. The van der Waals surface area contributed by atoms with Gasteiger partial charge in [0.25, 0.3) is 0 Å². The zero-order valence-corrected chi connectivity index (χ0v) is 11.7. The van der Waals surface area contributed by atoms with Crippen LogP contribution in [0.15, 0.2) is 42.7 Å². The van der Waals surface area contributed by atoms with E-state index in [9.17, 15) is 5.11 Å². The van der Waals surface area contributed by atoms with Gasteiger partial charge in [0.2, 0.25) is 0 Å². The van der Waals surface area contributed by atoms with Crippen LogP contribution in [0, 0.1) is 0 Å². The minimum absolute atomic E-state index is 0.454. The molecule has 2 N–H and O–H groups in total. The molecule has 0 aliphatic heterocycles. The van der Waals surface area contributed by atoms with Gasteiger partial charge in [-0.15, -0.1) is 0 Å². The number of hydrogen-bond donors (Lipinski definition) is 2. The molecule has 20 heavy (non-hydrogen) atoms. The van der Waals surface area contributed by atoms with Crippen molar-refractivity contribution in [1.82, 2.24) is 15.1 Å². The number of hydrogen-bond acceptors (Lipinski definition) is 4. The highest BCUT2D eigenvalue weighted by Gasteiger charge is 2.05. The lowest BCUT2D eigenvalue weighted by Gasteiger charge is -2.12. The van der Waals surface area contributed by atoms with Crippen LogP contribution in [0.5, 0.6) is 5.75 Å². The van der Waals surface area contributed by atoms with Gasteiger partial charge in [0, 0.05) is 25.5 Å². The summed E-state index contributed by atoms with van der Waals surface area (Å²) >= 11 is 0. The third kappa shape index (κ3) is 4.68. The molecule has 2 rings (SSSR count). The number of nitrogens with zero attached hydrogens (tertiary/aromatic N) is 2. The molecule has 0 aliphatic rings. The predicted octanol–water partition coefficient (Wildman–Crippen LogP) is 1.43. The van der Waals surface area contributed by atoms with E-state index in [-0.39, 0.29) is 0 Å². The molecule has 1 aromatic heterocycles. The molecule has 0 bridgehead atoms. The van der Waals surface area contributed by atoms with E-state index in [1.54, 1.807) is 10.9 Å². The number of aliphatic hydroxyl groups is 1. The Morgan fingerprint density at radius 3 is 3.05 bits per heavy atom. The third-order valence-corrected chi connectivity index (χ3v) is 2.88. The Bertz CT molecular complexity index is 500. The van der Waals surface area contributed by atoms with Crippen LogP contribution in [0.4, 0.5) is 0 Å². The van der Waals surface area contributed by atoms with Gasteiger partial charge in [-0.05, 0) is 30.7 Å². The lowest BCUT2D eigenvalue weighted by Crippen LogP contribution is -2.30. The summed E-state index contributed by atoms with van der Waals surface area (Å²) in [6.07, 6.45) is 3.10. The number of rotatable bonds is 8. The van der Waals surface area contributed by atoms with Gasteiger partial charge in [-0.2, -0.15) is 5.10 Å². The zero-order valence-electron chi connectivity index (χ0n) is 11.7. The molecule has 0 radical (unpaired) electrons. The van der Waals surface area contributed by atoms with Gasteiger partial charge in [-0.1, -0.05) is 12.1 Å². The first-order valence-electron chi connectivity index (χ1n) is 6.86. The molecule has 0 fully saturated rings. The van der Waals surface area contributed by atoms with E-state index in [1.807, 2.05) is 43.5 Å². The first kappa shape index (κ1) is 14.6. The maximum Gasteiger partial charge on any atom is 0.119 e. The van der Waals surface area contributed by atoms with E-state index in [0.717, 1.165) is 11.3 Å². The fourth-order valence-corrected chi connectivity index (χ4v) is 1.98. The highest BCUT2D eigenvalue weighted by molar-refractivity contribution is 5.28. The Balaban J connectivity index is 1.73. The molecule has 1 atom stereocenters. The molecule has 0 saturated heterocycles. The molecule has 0 aliphatic carbocycles. The number of nitrogens with one attached hydrogen (secondary N) is 1. The van der Waals surface area contributed by atoms with Crippen LogP contribution >= 0.6 is 0 Å². The molecule has 5 heteroatoms. The van der Waals surface area contributed by atoms with Crippen LogP contribution in [0.1, 0.15) is 12.5 Å². The summed E-state index contributed by atoms with van der Waals surface area (Å²) in [6.45, 7) is 4.37. The molecule has 0 saturated carbocycles. The maximum atomic E-state index is 9.89. The van der Waals surface area contributed by atoms with Crippen molar-refractivity contribution in [2.24, 2.45) is 0 Å². The van der Waals surface area contributed by atoms with Gasteiger partial charge in [-0.3, -0.25) is 4.68 Å². The first-order valence-corrected chi connectivity index (χ1v) is 6.86. The van der Waals surface area contributed by atoms with Crippen molar-refractivity contribution in [3.05, 3.63) is 48.3 Å². The Morgan fingerprint density at radius 1 is 1.40 bits per heavy atom. The zero-order chi connectivity index (χ0) is 14.2. The largest absolute Gasteiger partial charge is 0.494 e. The molecule has 2 aromatic rings. The van der Waals surface area contributed by atoms with Gasteiger partial charge in [0.15, 0.2) is 0 Å². The topological polar surface area (TPSA) is 59.3 Å². The van der Waals surface area contributed by atoms with Gasteiger partial charge < -0.3 is 15.2 Å². The van der Waals surface area contributed by atoms with E-state index in [1.165, 1.54) is 0 Å². The van der Waals surface area contributed by atoms with Crippen molar-refractivity contribution in [1.29, 1.82) is 0 Å². The van der Waals surface area contributed by atoms with Crippen molar-refractivity contribution < 1.29 is 9.84 Å². The van der Waals surface area contributed by atoms with Crippen molar-refractivity contribution >= 4 is 0 Å². The van der Waals surface area contributed by atoms with Crippen LogP contribution in [-0.4, -0.2) is 34.1 Å². The fourth-order valence-electron chi connectivity index (χ4n) is 1.98. The fraction of sp³-hybridized carbons (Fsp3) is 0.400. The average Bonchev–Trinajstić information content (AvgIpc) is 2.92. The average molecular weight is 275 g/mol. The Labute approximate surface area is 119 Å². The lowest BCUT2D eigenvalue weighted by atomic mass is 10.2. The maximum absolute atomic E-state index is 9.89. The molecular formula is C15H21N3O2. The Hall–Kier alpha value is -1.85. The van der Waals surface area contributed by atoms with Crippen molar-refractivity contribution in [2.75, 3.05) is 13.2 Å². The SMILES string of the molecule is CCOc1cccc(CNCC(O)Cn2cccn2)c1. The number of ether oxygens (including phenoxy) is 1. The number of aliphatic hydroxyl groups excluding tert-OH is 1. The minimum atomic E-state index is -0.454. The predicted molar refractivity (Wildman–Crippen MR) is 77.6 cm³/mol. The monoisotopic (exact) mass is 275 g/mol. The van der Waals surface area contributed by atoms with Crippen molar-refractivity contribution in [2.45, 2.75) is 26.1 Å². The molecule has 0 amide bonds. The van der Waals surface area contributed by atoms with E-state index >= 15 is 0 Å². The summed E-state index contributed by atoms with van der Waals surface area (Å²) in [5, 5.41) is 17.2. The normalized spacial score (nSPS) is 12.3. The highest BCUT2D eigenvalue weighted by atomic mass is 16.5. The van der Waals surface area contributed by atoms with E-state index < -0.39 is 6.10 Å². The molecule has 0 spiro atoms. The van der Waals surface area contributed by atoms with Gasteiger partial charge in [0.05, 0.1) is 19.3 Å². The van der Waals surface area contributed by atoms with Crippen LogP contribution in [0.25, 0.3) is 0 Å². The molecule has 1 aromatic carbocycles. The summed E-state index contributed by atoms with van der Waals surface area (Å²) < 4.78 is 7.18. The number of aromatic nitrogens is 2. The highest BCUT2D eigenvalue weighted by Crippen LogP contribution is 2.12. The molecule has 108 valence electrons. The summed E-state index contributed by atoms with van der Waals surface area (Å²) in [4.78, 5) is 0. The van der Waals surface area contributed by atoms with Crippen molar-refractivity contribution in [3.8, 4) is 5.75 Å². The standard InChI is InChI=1S/C15H21N3O2/c1-2-20-15-6-3-5-13(9-15)10-16-11-14(19)12-18-8-4-7-17-18/h3-9,14,16,19H,2,10-12H2,1H3. The first-order chi connectivity index (χ1) is 9.78. The Kier molecular flexibility index (Phi) is 5.58. The van der Waals surface area contributed by atoms with Crippen LogP contribution in [-0.2, 0) is 13.1 Å². The summed E-state index contributed by atoms with van der Waals surface area (Å²) in [5.41, 5.74) is 1.14. The second-order valence-corrected chi connectivity index (χ2v) is 4.59. The van der Waals surface area contributed by atoms with Crippen LogP contribution in [0.3, 0.4) is 0 Å². The minimum Gasteiger partial charge on any atom is -0.494 e. The van der Waals surface area contributed by atoms with Crippen molar-refractivity contribution in [3.63, 3.8) is 0 Å². The van der Waals surface area contributed by atoms with Crippen LogP contribution < -0.4 is 10.1 Å². The van der Waals surface area contributed by atoms with Gasteiger partial charge >= 0.3 is 0 Å². The lowest BCUT2D eigenvalue weighted by molar-refractivity contribution is 0.146. The summed E-state index contributed by atoms with van der Waals surface area (Å²) in [5.74, 6) is 0.879. The van der Waals surface area contributed by atoms with Gasteiger partial charge in [-0.25, -0.2) is 0 Å². The van der Waals surface area contributed by atoms with Crippen LogP contribution in [0.2, 0.25) is 0 Å². The number of benzene rings is 1. The summed E-state index contributed by atoms with van der Waals surface area (Å²) in [6, 6.07) is 9.81. The third-order valence-electron chi connectivity index (χ3n) is 2.88. The van der Waals surface area contributed by atoms with E-state index in [0.29, 0.717) is 26.2 Å². The molecule has 1 unspecified atom stereocenters. The smallest absolute Gasteiger partial charge is 0.119 e.